The van der Waals surface area contributed by atoms with E-state index >= 15 is 0 Å². The van der Waals surface area contributed by atoms with E-state index in [0.717, 1.165) is 5.56 Å². The lowest BCUT2D eigenvalue weighted by atomic mass is 10.2. The Morgan fingerprint density at radius 1 is 1.21 bits per heavy atom. The molecule has 0 unspecified atom stereocenters. The average Bonchev–Trinajstić information content (AvgIpc) is 2.46. The van der Waals surface area contributed by atoms with Crippen molar-refractivity contribution in [2.45, 2.75) is 13.5 Å². The van der Waals surface area contributed by atoms with Crippen molar-refractivity contribution in [2.75, 3.05) is 12.3 Å². The van der Waals surface area contributed by atoms with Crippen LogP contribution in [0.5, 0.6) is 0 Å². The summed E-state index contributed by atoms with van der Waals surface area (Å²) < 4.78 is 0. The number of carbonyl (C=O) groups excluding carboxylic acids is 1. The van der Waals surface area contributed by atoms with Gasteiger partial charge in [-0.05, 0) is 24.6 Å². The molecule has 2 aromatic rings. The molecule has 4 heteroatoms. The average molecular weight is 255 g/mol. The first kappa shape index (κ1) is 13.1. The highest BCUT2D eigenvalue weighted by molar-refractivity contribution is 5.97. The van der Waals surface area contributed by atoms with Crippen molar-refractivity contribution in [1.82, 2.24) is 9.88 Å². The van der Waals surface area contributed by atoms with Gasteiger partial charge in [0, 0.05) is 19.3 Å². The molecule has 1 amide bonds. The number of hydrogen-bond donors (Lipinski definition) is 1. The fourth-order valence-electron chi connectivity index (χ4n) is 1.88. The first-order valence-corrected chi connectivity index (χ1v) is 6.26. The number of carbonyl (C=O) groups is 1. The summed E-state index contributed by atoms with van der Waals surface area (Å²) in [4.78, 5) is 18.2. The molecule has 1 heterocycles. The zero-order valence-corrected chi connectivity index (χ0v) is 10.9. The molecule has 0 spiro atoms. The van der Waals surface area contributed by atoms with Crippen molar-refractivity contribution in [2.24, 2.45) is 0 Å². The summed E-state index contributed by atoms with van der Waals surface area (Å²) in [5, 5.41) is 0. The standard InChI is InChI=1S/C15H17N3O/c1-2-18(11-12-7-4-3-5-8-12)15(19)14-13(16)9-6-10-17-14/h3-10H,2,11,16H2,1H3. The molecule has 98 valence electrons. The second-order valence-corrected chi connectivity index (χ2v) is 4.25. The molecular formula is C15H17N3O. The van der Waals surface area contributed by atoms with E-state index in [1.807, 2.05) is 37.3 Å². The van der Waals surface area contributed by atoms with Crippen molar-refractivity contribution >= 4 is 11.6 Å². The molecule has 19 heavy (non-hydrogen) atoms. The normalized spacial score (nSPS) is 10.2. The first-order valence-electron chi connectivity index (χ1n) is 6.26. The molecule has 1 aromatic heterocycles. The molecule has 0 bridgehead atoms. The minimum atomic E-state index is -0.135. The van der Waals surface area contributed by atoms with Crippen LogP contribution in [-0.4, -0.2) is 22.3 Å². The van der Waals surface area contributed by atoms with Gasteiger partial charge in [-0.1, -0.05) is 30.3 Å². The van der Waals surface area contributed by atoms with Crippen LogP contribution < -0.4 is 5.73 Å². The van der Waals surface area contributed by atoms with Crippen LogP contribution in [0.25, 0.3) is 0 Å². The Bertz CT molecular complexity index is 554. The monoisotopic (exact) mass is 255 g/mol. The quantitative estimate of drug-likeness (QED) is 0.912. The van der Waals surface area contributed by atoms with Crippen LogP contribution in [0.3, 0.4) is 0 Å². The maximum atomic E-state index is 12.4. The van der Waals surface area contributed by atoms with E-state index in [1.54, 1.807) is 23.2 Å². The lowest BCUT2D eigenvalue weighted by molar-refractivity contribution is 0.0748. The van der Waals surface area contributed by atoms with E-state index in [-0.39, 0.29) is 5.91 Å². The number of hydrogen-bond acceptors (Lipinski definition) is 3. The highest BCUT2D eigenvalue weighted by Gasteiger charge is 2.17. The van der Waals surface area contributed by atoms with Gasteiger partial charge in [-0.15, -0.1) is 0 Å². The number of rotatable bonds is 4. The Kier molecular flexibility index (Phi) is 4.13. The maximum Gasteiger partial charge on any atom is 0.274 e. The van der Waals surface area contributed by atoms with Gasteiger partial charge >= 0.3 is 0 Å². The van der Waals surface area contributed by atoms with Crippen LogP contribution in [-0.2, 0) is 6.54 Å². The highest BCUT2D eigenvalue weighted by atomic mass is 16.2. The summed E-state index contributed by atoms with van der Waals surface area (Å²) in [5.41, 5.74) is 7.62. The summed E-state index contributed by atoms with van der Waals surface area (Å²) in [6, 6.07) is 13.3. The van der Waals surface area contributed by atoms with E-state index in [9.17, 15) is 4.79 Å². The minimum absolute atomic E-state index is 0.135. The molecule has 1 aromatic carbocycles. The summed E-state index contributed by atoms with van der Waals surface area (Å²) >= 11 is 0. The third kappa shape index (κ3) is 3.10. The number of nitrogen functional groups attached to an aromatic ring is 1. The molecule has 2 N–H and O–H groups in total. The molecule has 0 aliphatic rings. The molecule has 0 atom stereocenters. The molecule has 4 nitrogen and oxygen atoms in total. The van der Waals surface area contributed by atoms with Crippen LogP contribution >= 0.6 is 0 Å². The zero-order valence-electron chi connectivity index (χ0n) is 10.9. The Morgan fingerprint density at radius 2 is 1.95 bits per heavy atom. The number of benzene rings is 1. The molecule has 0 fully saturated rings. The Labute approximate surface area is 112 Å². The van der Waals surface area contributed by atoms with Crippen molar-refractivity contribution < 1.29 is 4.79 Å². The lowest BCUT2D eigenvalue weighted by Crippen LogP contribution is -2.31. The van der Waals surface area contributed by atoms with E-state index in [4.69, 9.17) is 5.73 Å². The Morgan fingerprint density at radius 3 is 2.58 bits per heavy atom. The summed E-state index contributed by atoms with van der Waals surface area (Å²) in [6.45, 7) is 3.12. The fraction of sp³-hybridized carbons (Fsp3) is 0.200. The van der Waals surface area contributed by atoms with Crippen molar-refractivity contribution in [3.05, 3.63) is 59.9 Å². The largest absolute Gasteiger partial charge is 0.397 e. The number of pyridine rings is 1. The third-order valence-corrected chi connectivity index (χ3v) is 2.93. The number of anilines is 1. The van der Waals surface area contributed by atoms with E-state index < -0.39 is 0 Å². The third-order valence-electron chi connectivity index (χ3n) is 2.93. The van der Waals surface area contributed by atoms with Gasteiger partial charge in [-0.3, -0.25) is 4.79 Å². The molecule has 2 rings (SSSR count). The van der Waals surface area contributed by atoms with Crippen molar-refractivity contribution in [3.63, 3.8) is 0 Å². The van der Waals surface area contributed by atoms with Crippen molar-refractivity contribution in [1.29, 1.82) is 0 Å². The van der Waals surface area contributed by atoms with Crippen molar-refractivity contribution in [3.8, 4) is 0 Å². The van der Waals surface area contributed by atoms with E-state index in [0.29, 0.717) is 24.5 Å². The fourth-order valence-corrected chi connectivity index (χ4v) is 1.88. The van der Waals surface area contributed by atoms with Gasteiger partial charge in [0.05, 0.1) is 5.69 Å². The number of aromatic nitrogens is 1. The minimum Gasteiger partial charge on any atom is -0.397 e. The molecule has 0 saturated heterocycles. The maximum absolute atomic E-state index is 12.4. The van der Waals surface area contributed by atoms with Gasteiger partial charge in [0.1, 0.15) is 0 Å². The Hall–Kier alpha value is -2.36. The van der Waals surface area contributed by atoms with Gasteiger partial charge < -0.3 is 10.6 Å². The summed E-state index contributed by atoms with van der Waals surface area (Å²) in [7, 11) is 0. The lowest BCUT2D eigenvalue weighted by Gasteiger charge is -2.21. The molecule has 0 radical (unpaired) electrons. The van der Waals surface area contributed by atoms with Gasteiger partial charge in [0.15, 0.2) is 5.69 Å². The SMILES string of the molecule is CCN(Cc1ccccc1)C(=O)c1ncccc1N. The van der Waals surface area contributed by atoms with Gasteiger partial charge in [-0.2, -0.15) is 0 Å². The van der Waals surface area contributed by atoms with E-state index in [2.05, 4.69) is 4.98 Å². The second kappa shape index (κ2) is 6.00. The number of amides is 1. The summed E-state index contributed by atoms with van der Waals surface area (Å²) in [5.74, 6) is -0.135. The number of nitrogens with two attached hydrogens (primary N) is 1. The Balaban J connectivity index is 2.18. The first-order chi connectivity index (χ1) is 9.22. The van der Waals surface area contributed by atoms with Crippen LogP contribution in [0, 0.1) is 0 Å². The predicted molar refractivity (Wildman–Crippen MR) is 75.5 cm³/mol. The van der Waals surface area contributed by atoms with Gasteiger partial charge in [0.25, 0.3) is 5.91 Å². The topological polar surface area (TPSA) is 59.2 Å². The molecular weight excluding hydrogens is 238 g/mol. The summed E-state index contributed by atoms with van der Waals surface area (Å²) in [6.07, 6.45) is 1.58. The van der Waals surface area contributed by atoms with Crippen LogP contribution in [0.15, 0.2) is 48.7 Å². The smallest absolute Gasteiger partial charge is 0.274 e. The number of nitrogens with zero attached hydrogens (tertiary/aromatic N) is 2. The predicted octanol–water partition coefficient (Wildman–Crippen LogP) is 2.33. The molecule has 0 saturated carbocycles. The van der Waals surface area contributed by atoms with Crippen LogP contribution in [0.2, 0.25) is 0 Å². The van der Waals surface area contributed by atoms with Gasteiger partial charge in [-0.25, -0.2) is 4.98 Å². The highest BCUT2D eigenvalue weighted by Crippen LogP contribution is 2.13. The molecule has 0 aliphatic carbocycles. The molecule has 0 aliphatic heterocycles. The zero-order chi connectivity index (χ0) is 13.7. The van der Waals surface area contributed by atoms with E-state index in [1.165, 1.54) is 0 Å². The van der Waals surface area contributed by atoms with Crippen LogP contribution in [0.4, 0.5) is 5.69 Å². The second-order valence-electron chi connectivity index (χ2n) is 4.25. The van der Waals surface area contributed by atoms with Gasteiger partial charge in [0.2, 0.25) is 0 Å². The van der Waals surface area contributed by atoms with Crippen LogP contribution in [0.1, 0.15) is 23.0 Å².